The first-order chi connectivity index (χ1) is 10.8. The van der Waals surface area contributed by atoms with Crippen molar-refractivity contribution < 1.29 is 18.8 Å². The smallest absolute Gasteiger partial charge is 0.412 e. The van der Waals surface area contributed by atoms with Gasteiger partial charge in [-0.1, -0.05) is 5.16 Å². The molecule has 0 bridgehead atoms. The minimum Gasteiger partial charge on any atom is -0.495 e. The predicted octanol–water partition coefficient (Wildman–Crippen LogP) is 2.55. The molecule has 1 heterocycles. The number of carbonyl (C=O) groups is 1. The first kappa shape index (κ1) is 16.8. The molecule has 3 N–H and O–H groups in total. The summed E-state index contributed by atoms with van der Waals surface area (Å²) in [6.45, 7) is 5.54. The molecule has 0 saturated heterocycles. The Morgan fingerprint density at radius 1 is 1.39 bits per heavy atom. The molecule has 124 valence electrons. The molecular formula is C15H20N4O4. The highest BCUT2D eigenvalue weighted by molar-refractivity contribution is 5.87. The summed E-state index contributed by atoms with van der Waals surface area (Å²) in [7, 11) is 1.50. The molecule has 0 aliphatic rings. The summed E-state index contributed by atoms with van der Waals surface area (Å²) < 4.78 is 15.5. The Bertz CT molecular complexity index is 691. The van der Waals surface area contributed by atoms with Crippen molar-refractivity contribution >= 4 is 11.8 Å². The number of benzene rings is 1. The van der Waals surface area contributed by atoms with Crippen LogP contribution in [0, 0.1) is 0 Å². The fraction of sp³-hybridized carbons (Fsp3) is 0.400. The quantitative estimate of drug-likeness (QED) is 0.890. The molecule has 8 nitrogen and oxygen atoms in total. The molecule has 0 unspecified atom stereocenters. The number of anilines is 1. The van der Waals surface area contributed by atoms with Crippen molar-refractivity contribution in [3.05, 3.63) is 24.1 Å². The van der Waals surface area contributed by atoms with Crippen LogP contribution in [0.4, 0.5) is 10.5 Å². The van der Waals surface area contributed by atoms with E-state index in [1.807, 2.05) is 0 Å². The normalized spacial score (nSPS) is 11.2. The predicted molar refractivity (Wildman–Crippen MR) is 84.0 cm³/mol. The third kappa shape index (κ3) is 4.43. The summed E-state index contributed by atoms with van der Waals surface area (Å²) in [5.74, 6) is 1.19. The van der Waals surface area contributed by atoms with Gasteiger partial charge in [0.1, 0.15) is 11.4 Å². The Labute approximate surface area is 134 Å². The van der Waals surface area contributed by atoms with Gasteiger partial charge >= 0.3 is 6.09 Å². The SMILES string of the molecule is COc1cc(-c2noc(CN)n2)ccc1NC(=O)OC(C)(C)C. The minimum atomic E-state index is -0.583. The van der Waals surface area contributed by atoms with Gasteiger partial charge in [-0.05, 0) is 39.0 Å². The fourth-order valence-corrected chi connectivity index (χ4v) is 1.80. The van der Waals surface area contributed by atoms with Crippen LogP contribution in [0.15, 0.2) is 22.7 Å². The second kappa shape index (κ2) is 6.66. The van der Waals surface area contributed by atoms with Crippen LogP contribution in [-0.4, -0.2) is 28.9 Å². The van der Waals surface area contributed by atoms with Crippen LogP contribution in [0.1, 0.15) is 26.7 Å². The Hall–Kier alpha value is -2.61. The number of nitrogens with zero attached hydrogens (tertiary/aromatic N) is 2. The van der Waals surface area contributed by atoms with Gasteiger partial charge in [-0.3, -0.25) is 5.32 Å². The standard InChI is InChI=1S/C15H20N4O4/c1-15(2,3)22-14(20)17-10-6-5-9(7-11(10)21-4)13-18-12(8-16)23-19-13/h5-7H,8,16H2,1-4H3,(H,17,20). The number of aromatic nitrogens is 2. The maximum Gasteiger partial charge on any atom is 0.412 e. The van der Waals surface area contributed by atoms with Gasteiger partial charge in [-0.2, -0.15) is 4.98 Å². The molecule has 2 aromatic rings. The molecule has 0 fully saturated rings. The van der Waals surface area contributed by atoms with E-state index in [1.54, 1.807) is 39.0 Å². The molecule has 0 radical (unpaired) electrons. The largest absolute Gasteiger partial charge is 0.495 e. The topological polar surface area (TPSA) is 113 Å². The van der Waals surface area contributed by atoms with E-state index in [4.69, 9.17) is 19.7 Å². The zero-order chi connectivity index (χ0) is 17.0. The molecule has 0 aliphatic heterocycles. The lowest BCUT2D eigenvalue weighted by atomic mass is 10.1. The lowest BCUT2D eigenvalue weighted by Crippen LogP contribution is -2.27. The van der Waals surface area contributed by atoms with Gasteiger partial charge in [-0.25, -0.2) is 4.79 Å². The molecule has 0 spiro atoms. The van der Waals surface area contributed by atoms with Crippen molar-refractivity contribution in [1.82, 2.24) is 10.1 Å². The van der Waals surface area contributed by atoms with E-state index in [1.165, 1.54) is 7.11 Å². The monoisotopic (exact) mass is 320 g/mol. The number of nitrogens with two attached hydrogens (primary N) is 1. The average molecular weight is 320 g/mol. The summed E-state index contributed by atoms with van der Waals surface area (Å²) in [6.07, 6.45) is -0.562. The summed E-state index contributed by atoms with van der Waals surface area (Å²) in [5.41, 5.74) is 6.02. The van der Waals surface area contributed by atoms with E-state index in [-0.39, 0.29) is 6.54 Å². The van der Waals surface area contributed by atoms with E-state index in [9.17, 15) is 4.79 Å². The van der Waals surface area contributed by atoms with E-state index < -0.39 is 11.7 Å². The molecule has 2 rings (SSSR count). The first-order valence-electron chi connectivity index (χ1n) is 7.03. The number of hydrogen-bond acceptors (Lipinski definition) is 7. The van der Waals surface area contributed by atoms with Crippen molar-refractivity contribution in [3.63, 3.8) is 0 Å². The van der Waals surface area contributed by atoms with Gasteiger partial charge in [-0.15, -0.1) is 0 Å². The number of hydrogen-bond donors (Lipinski definition) is 2. The minimum absolute atomic E-state index is 0.169. The van der Waals surface area contributed by atoms with Crippen molar-refractivity contribution in [2.24, 2.45) is 5.73 Å². The van der Waals surface area contributed by atoms with Crippen LogP contribution in [0.5, 0.6) is 5.75 Å². The second-order valence-electron chi connectivity index (χ2n) is 5.76. The third-order valence-electron chi connectivity index (χ3n) is 2.74. The van der Waals surface area contributed by atoms with Crippen molar-refractivity contribution in [1.29, 1.82) is 0 Å². The highest BCUT2D eigenvalue weighted by Gasteiger charge is 2.18. The number of amides is 1. The number of nitrogens with one attached hydrogen (secondary N) is 1. The molecule has 8 heteroatoms. The zero-order valence-electron chi connectivity index (χ0n) is 13.5. The number of carbonyl (C=O) groups excluding carboxylic acids is 1. The van der Waals surface area contributed by atoms with E-state index >= 15 is 0 Å². The maximum atomic E-state index is 11.9. The van der Waals surface area contributed by atoms with Crippen LogP contribution in [0.2, 0.25) is 0 Å². The molecule has 1 amide bonds. The van der Waals surface area contributed by atoms with Gasteiger partial charge < -0.3 is 19.7 Å². The Kier molecular flexibility index (Phi) is 4.85. The molecule has 1 aromatic carbocycles. The zero-order valence-corrected chi connectivity index (χ0v) is 13.5. The van der Waals surface area contributed by atoms with Crippen LogP contribution >= 0.6 is 0 Å². The van der Waals surface area contributed by atoms with E-state index in [0.29, 0.717) is 28.7 Å². The summed E-state index contributed by atoms with van der Waals surface area (Å²) in [6, 6.07) is 5.11. The van der Waals surface area contributed by atoms with Gasteiger partial charge in [0.2, 0.25) is 11.7 Å². The number of rotatable bonds is 4. The van der Waals surface area contributed by atoms with Gasteiger partial charge in [0.05, 0.1) is 19.3 Å². The van der Waals surface area contributed by atoms with Gasteiger partial charge in [0, 0.05) is 5.56 Å². The Morgan fingerprint density at radius 3 is 2.70 bits per heavy atom. The lowest BCUT2D eigenvalue weighted by molar-refractivity contribution is 0.0635. The number of methoxy groups -OCH3 is 1. The molecule has 23 heavy (non-hydrogen) atoms. The van der Waals surface area contributed by atoms with Crippen molar-refractivity contribution in [3.8, 4) is 17.1 Å². The number of ether oxygens (including phenoxy) is 2. The van der Waals surface area contributed by atoms with Crippen LogP contribution in [0.3, 0.4) is 0 Å². The molecule has 0 aliphatic carbocycles. The third-order valence-corrected chi connectivity index (χ3v) is 2.74. The van der Waals surface area contributed by atoms with E-state index in [0.717, 1.165) is 0 Å². The molecule has 0 saturated carbocycles. The summed E-state index contributed by atoms with van der Waals surface area (Å²) >= 11 is 0. The second-order valence-corrected chi connectivity index (χ2v) is 5.76. The van der Waals surface area contributed by atoms with E-state index in [2.05, 4.69) is 15.5 Å². The maximum absolute atomic E-state index is 11.9. The van der Waals surface area contributed by atoms with Crippen molar-refractivity contribution in [2.45, 2.75) is 32.9 Å². The van der Waals surface area contributed by atoms with Gasteiger partial charge in [0.15, 0.2) is 0 Å². The molecule has 1 aromatic heterocycles. The average Bonchev–Trinajstić information content (AvgIpc) is 2.94. The van der Waals surface area contributed by atoms with Crippen LogP contribution in [-0.2, 0) is 11.3 Å². The highest BCUT2D eigenvalue weighted by Crippen LogP contribution is 2.30. The van der Waals surface area contributed by atoms with Crippen molar-refractivity contribution in [2.75, 3.05) is 12.4 Å². The molecular weight excluding hydrogens is 300 g/mol. The molecule has 0 atom stereocenters. The Morgan fingerprint density at radius 2 is 2.13 bits per heavy atom. The van der Waals surface area contributed by atoms with Crippen LogP contribution < -0.4 is 15.8 Å². The van der Waals surface area contributed by atoms with Crippen LogP contribution in [0.25, 0.3) is 11.4 Å². The fourth-order valence-electron chi connectivity index (χ4n) is 1.80. The first-order valence-corrected chi connectivity index (χ1v) is 7.03. The highest BCUT2D eigenvalue weighted by atomic mass is 16.6. The summed E-state index contributed by atoms with van der Waals surface area (Å²) in [5, 5.41) is 6.48. The summed E-state index contributed by atoms with van der Waals surface area (Å²) in [4.78, 5) is 16.0. The van der Waals surface area contributed by atoms with Gasteiger partial charge in [0.25, 0.3) is 0 Å². The lowest BCUT2D eigenvalue weighted by Gasteiger charge is -2.20. The Balaban J connectivity index is 2.21.